The first-order chi connectivity index (χ1) is 48.7. The summed E-state index contributed by atoms with van der Waals surface area (Å²) in [5, 5.41) is 81.3. The number of aliphatic hydroxyl groups is 3. The van der Waals surface area contributed by atoms with E-state index in [4.69, 9.17) is 17.2 Å². The van der Waals surface area contributed by atoms with Crippen LogP contribution in [0, 0.1) is 23.7 Å². The van der Waals surface area contributed by atoms with Gasteiger partial charge in [0.2, 0.25) is 76.8 Å². The van der Waals surface area contributed by atoms with Gasteiger partial charge in [0.1, 0.15) is 66.5 Å². The largest absolute Gasteiger partial charge is 0.481 e. The van der Waals surface area contributed by atoms with E-state index in [1.165, 1.54) is 27.7 Å². The number of hydrogen-bond acceptors (Lipinski definition) is 21. The summed E-state index contributed by atoms with van der Waals surface area (Å²) in [6.07, 6.45) is 3.23. The van der Waals surface area contributed by atoms with Crippen molar-refractivity contribution in [3.63, 3.8) is 0 Å². The van der Waals surface area contributed by atoms with Crippen LogP contribution >= 0.6 is 0 Å². The Labute approximate surface area is 597 Å². The SMILES string of the molecule is CCC(C)CCCCC(=O)NCC(=O)NC(CCN)C(=O)NCC(=O)NC(CO)C(=O)NC(Cc1c[nH]c2ccccc12)C(=O)NC(CO)C(=O)NC(CCN)C(=O)NC(CCN)C(=O)NC(C(=O)NC(CCC(=O)O)C(=O)NC(C(=O)NC(C(=O)NC(CO)C(=O)O)C(C)C)C(C)C)C(C)CC. The molecule has 103 heavy (non-hydrogen) atoms. The minimum absolute atomic E-state index is 0.0660. The highest BCUT2D eigenvalue weighted by molar-refractivity contribution is 6.00. The van der Waals surface area contributed by atoms with Crippen LogP contribution in [0.25, 0.3) is 10.9 Å². The Hall–Kier alpha value is -9.43. The van der Waals surface area contributed by atoms with E-state index in [1.54, 1.807) is 44.3 Å². The average molecular weight is 1460 g/mol. The number of carbonyl (C=O) groups is 15. The highest BCUT2D eigenvalue weighted by Gasteiger charge is 2.38. The van der Waals surface area contributed by atoms with Crippen molar-refractivity contribution in [3.05, 3.63) is 36.0 Å². The van der Waals surface area contributed by atoms with E-state index < -0.39 is 213 Å². The summed E-state index contributed by atoms with van der Waals surface area (Å²) >= 11 is 0. The molecular formula is C66H109N17O20. The van der Waals surface area contributed by atoms with E-state index in [-0.39, 0.29) is 64.1 Å². The number of unbranched alkanes of at least 4 members (excludes halogenated alkanes) is 1. The van der Waals surface area contributed by atoms with Crippen LogP contribution in [-0.2, 0) is 78.3 Å². The van der Waals surface area contributed by atoms with Crippen LogP contribution in [-0.4, -0.2) is 238 Å². The number of carboxylic acids is 2. The Morgan fingerprint density at radius 3 is 1.33 bits per heavy atom. The van der Waals surface area contributed by atoms with Gasteiger partial charge >= 0.3 is 11.9 Å². The van der Waals surface area contributed by atoms with Gasteiger partial charge in [-0.05, 0) is 87.0 Å². The Morgan fingerprint density at radius 2 is 0.825 bits per heavy atom. The number of nitrogens with two attached hydrogens (primary N) is 3. The number of amides is 13. The van der Waals surface area contributed by atoms with Crippen LogP contribution in [0.4, 0.5) is 0 Å². The summed E-state index contributed by atoms with van der Waals surface area (Å²) in [4.78, 5) is 204. The molecule has 1 aromatic heterocycles. The monoisotopic (exact) mass is 1460 g/mol. The number of aliphatic carboxylic acids is 2. The fraction of sp³-hybridized carbons (Fsp3) is 0.652. The molecule has 37 nitrogen and oxygen atoms in total. The van der Waals surface area contributed by atoms with Crippen molar-refractivity contribution in [2.45, 2.75) is 199 Å². The molecule has 0 aliphatic carbocycles. The normalized spacial score (nSPS) is 15.0. The molecule has 1 aromatic carbocycles. The summed E-state index contributed by atoms with van der Waals surface area (Å²) in [7, 11) is 0. The highest BCUT2D eigenvalue weighted by Crippen LogP contribution is 2.20. The number of nitrogens with one attached hydrogen (secondary N) is 14. The third-order valence-corrected chi connectivity index (χ3v) is 16.9. The molecule has 13 atom stereocenters. The maximum Gasteiger partial charge on any atom is 0.328 e. The maximum absolute atomic E-state index is 14.3. The van der Waals surface area contributed by atoms with Crippen molar-refractivity contribution >= 4 is 99.6 Å². The third kappa shape index (κ3) is 31.4. The Balaban J connectivity index is 2.32. The van der Waals surface area contributed by atoms with Gasteiger partial charge < -0.3 is 117 Å². The van der Waals surface area contributed by atoms with Crippen molar-refractivity contribution in [3.8, 4) is 0 Å². The number of rotatable bonds is 50. The molecule has 0 spiro atoms. The molecular weight excluding hydrogens is 1350 g/mol. The van der Waals surface area contributed by atoms with Crippen LogP contribution in [0.3, 0.4) is 0 Å². The summed E-state index contributed by atoms with van der Waals surface area (Å²) in [6, 6.07) is -10.5. The van der Waals surface area contributed by atoms with Crippen LogP contribution in [0.5, 0.6) is 0 Å². The number of aromatic amines is 1. The van der Waals surface area contributed by atoms with E-state index in [1.807, 2.05) is 0 Å². The first kappa shape index (κ1) is 89.7. The van der Waals surface area contributed by atoms with E-state index >= 15 is 0 Å². The van der Waals surface area contributed by atoms with Gasteiger partial charge in [0.15, 0.2) is 0 Å². The van der Waals surface area contributed by atoms with E-state index in [9.17, 15) is 97.5 Å². The predicted molar refractivity (Wildman–Crippen MR) is 373 cm³/mol. The topological polar surface area (TPSA) is 607 Å². The Morgan fingerprint density at radius 1 is 0.417 bits per heavy atom. The molecule has 2 aromatic rings. The van der Waals surface area contributed by atoms with Crippen LogP contribution in [0.15, 0.2) is 30.5 Å². The van der Waals surface area contributed by atoms with Gasteiger partial charge in [0.05, 0.1) is 32.9 Å². The summed E-state index contributed by atoms with van der Waals surface area (Å²) in [5.74, 6) is -16.8. The Bertz CT molecular complexity index is 3170. The molecule has 0 radical (unpaired) electrons. The number of H-pyrrole nitrogens is 1. The molecule has 1 heterocycles. The number of fused-ring (bicyclic) bond motifs is 1. The minimum atomic E-state index is -1.86. The number of aromatic nitrogens is 1. The molecule has 0 bridgehead atoms. The highest BCUT2D eigenvalue weighted by atomic mass is 16.4. The number of hydrogen-bond donors (Lipinski definition) is 22. The van der Waals surface area contributed by atoms with Gasteiger partial charge in [-0.25, -0.2) is 4.79 Å². The molecule has 0 saturated heterocycles. The quantitative estimate of drug-likeness (QED) is 0.0274. The molecule has 25 N–H and O–H groups in total. The van der Waals surface area contributed by atoms with Crippen LogP contribution < -0.4 is 86.3 Å². The molecule has 13 unspecified atom stereocenters. The number of para-hydroxylation sites is 1. The van der Waals surface area contributed by atoms with Crippen LogP contribution in [0.2, 0.25) is 0 Å². The number of carboxylic acid groups (broad SMARTS) is 2. The van der Waals surface area contributed by atoms with Crippen molar-refractivity contribution in [1.29, 1.82) is 0 Å². The third-order valence-electron chi connectivity index (χ3n) is 16.9. The number of aliphatic hydroxyl groups excluding tert-OH is 3. The lowest BCUT2D eigenvalue weighted by atomic mass is 9.96. The predicted octanol–water partition coefficient (Wildman–Crippen LogP) is -5.79. The number of benzene rings is 1. The molecule has 2 rings (SSSR count). The van der Waals surface area contributed by atoms with Gasteiger partial charge in [-0.15, -0.1) is 0 Å². The van der Waals surface area contributed by atoms with Crippen molar-refractivity contribution in [1.82, 2.24) is 74.1 Å². The standard InChI is InChI=1S/C66H109N17O20/c1-9-36(7)15-11-14-18-49(87)71-29-50(88)73-42(21-24-67)56(92)72-30-51(89)74-46(31-84)61(97)78-45(27-38-28-70-40-17-13-12-16-39(38)40)60(96)79-47(32-85)62(98)76-43(22-25-68)57(93)75-44(23-26-69)59(95)83-55(37(8)10-2)65(101)77-41(19-20-52(90)91)58(94)81-54(35(5)6)64(100)82-53(34(3)4)63(99)80-48(33-86)66(102)103/h12-13,16-17,28,34-37,41-48,53-55,70,84-86H,9-11,14-15,18-27,29-33,67-69H2,1-8H3,(H,71,87)(H,72,92)(H,73,88)(H,74,89)(H,75,93)(H,76,98)(H,77,101)(H,78,97)(H,79,96)(H,80,99)(H,81,94)(H,82,100)(H,83,95)(H,90,91)(H,102,103). The van der Waals surface area contributed by atoms with Crippen LogP contribution in [0.1, 0.15) is 132 Å². The molecule has 0 aliphatic heterocycles. The molecule has 0 saturated carbocycles. The average Bonchev–Trinajstić information content (AvgIpc) is 1.73. The van der Waals surface area contributed by atoms with Crippen molar-refractivity contribution < 1.29 is 97.5 Å². The maximum atomic E-state index is 14.3. The van der Waals surface area contributed by atoms with Gasteiger partial charge in [0.25, 0.3) is 0 Å². The second kappa shape index (κ2) is 47.0. The lowest BCUT2D eigenvalue weighted by Gasteiger charge is -2.30. The van der Waals surface area contributed by atoms with Crippen molar-refractivity contribution in [2.75, 3.05) is 52.5 Å². The zero-order chi connectivity index (χ0) is 77.6. The lowest BCUT2D eigenvalue weighted by Crippen LogP contribution is -2.62. The zero-order valence-corrected chi connectivity index (χ0v) is 59.8. The number of carbonyl (C=O) groups excluding carboxylic acids is 13. The first-order valence-electron chi connectivity index (χ1n) is 34.5. The zero-order valence-electron chi connectivity index (χ0n) is 59.8. The smallest absolute Gasteiger partial charge is 0.328 e. The van der Waals surface area contributed by atoms with E-state index in [2.05, 4.69) is 87.9 Å². The second-order valence-corrected chi connectivity index (χ2v) is 25.8. The Kier molecular flexibility index (Phi) is 40.9. The molecule has 0 fully saturated rings. The van der Waals surface area contributed by atoms with Gasteiger partial charge in [-0.2, -0.15) is 0 Å². The van der Waals surface area contributed by atoms with E-state index in [0.717, 1.165) is 19.3 Å². The van der Waals surface area contributed by atoms with Gasteiger partial charge in [0, 0.05) is 36.4 Å². The minimum Gasteiger partial charge on any atom is -0.481 e. The lowest BCUT2D eigenvalue weighted by molar-refractivity contribution is -0.144. The second-order valence-electron chi connectivity index (χ2n) is 25.8. The summed E-state index contributed by atoms with van der Waals surface area (Å²) in [6.45, 7) is 8.64. The van der Waals surface area contributed by atoms with Crippen molar-refractivity contribution in [2.24, 2.45) is 40.9 Å². The molecule has 578 valence electrons. The van der Waals surface area contributed by atoms with E-state index in [0.29, 0.717) is 28.8 Å². The van der Waals surface area contributed by atoms with Gasteiger partial charge in [-0.1, -0.05) is 99.3 Å². The first-order valence-corrected chi connectivity index (χ1v) is 34.5. The van der Waals surface area contributed by atoms with Gasteiger partial charge in [-0.3, -0.25) is 67.1 Å². The molecule has 13 amide bonds. The summed E-state index contributed by atoms with van der Waals surface area (Å²) in [5.41, 5.74) is 18.5. The molecule has 37 heteroatoms. The molecule has 0 aliphatic rings. The summed E-state index contributed by atoms with van der Waals surface area (Å²) < 4.78 is 0. The fourth-order valence-electron chi connectivity index (χ4n) is 10.3. The fourth-order valence-corrected chi connectivity index (χ4v) is 10.3.